The van der Waals surface area contributed by atoms with Crippen LogP contribution in [0.1, 0.15) is 0 Å². The minimum absolute atomic E-state index is 0.638. The molecule has 0 spiro atoms. The molecule has 252 valence electrons. The lowest BCUT2D eigenvalue weighted by Crippen LogP contribution is -2.04. The summed E-state index contributed by atoms with van der Waals surface area (Å²) in [6.07, 6.45) is 0. The molecule has 8 aromatic carbocycles. The molecule has 0 amide bonds. The summed E-state index contributed by atoms with van der Waals surface area (Å²) in [5, 5.41) is 5.57. The van der Waals surface area contributed by atoms with Gasteiger partial charge in [0, 0.05) is 38.1 Å². The van der Waals surface area contributed by atoms with Gasteiger partial charge in [-0.3, -0.25) is 4.57 Å². The SMILES string of the molecule is c1ccc(-c2cc(-c3cccc(-c4ccc5c(c4)oc4ccccc45)c3)c3c(c2)c2ccccc2n3-c2nc(-c3ccccc3)c3ccccc3n2)cc1. The standard InChI is InChI=1S/C50H31N3O/c1-3-14-32(15-4-1)37-29-42(36-19-13-18-34(28-36)35-26-27-40-39-21-9-12-25-46(39)54-47(40)31-35)49-43(30-37)38-20-8-11-24-45(38)53(49)50-51-44-23-10-7-22-41(44)48(52-50)33-16-5-2-6-17-33/h1-31H. The average molecular weight is 690 g/mol. The lowest BCUT2D eigenvalue weighted by atomic mass is 9.93. The number of nitrogens with zero attached hydrogens (tertiary/aromatic N) is 3. The van der Waals surface area contributed by atoms with Crippen LogP contribution in [0, 0.1) is 0 Å². The molecule has 0 saturated heterocycles. The Morgan fingerprint density at radius 3 is 1.87 bits per heavy atom. The van der Waals surface area contributed by atoms with E-state index < -0.39 is 0 Å². The summed E-state index contributed by atoms with van der Waals surface area (Å²) in [6.45, 7) is 0. The maximum Gasteiger partial charge on any atom is 0.235 e. The van der Waals surface area contributed by atoms with E-state index in [1.807, 2.05) is 24.3 Å². The van der Waals surface area contributed by atoms with Gasteiger partial charge in [0.1, 0.15) is 11.2 Å². The average Bonchev–Trinajstić information content (AvgIpc) is 3.79. The fourth-order valence-corrected chi connectivity index (χ4v) is 8.07. The third kappa shape index (κ3) is 4.85. The highest BCUT2D eigenvalue weighted by Crippen LogP contribution is 2.42. The van der Waals surface area contributed by atoms with Gasteiger partial charge in [-0.15, -0.1) is 0 Å². The zero-order chi connectivity index (χ0) is 35.6. The Balaban J connectivity index is 1.20. The quantitative estimate of drug-likeness (QED) is 0.181. The van der Waals surface area contributed by atoms with Crippen molar-refractivity contribution in [2.24, 2.45) is 0 Å². The van der Waals surface area contributed by atoms with Crippen LogP contribution in [0.4, 0.5) is 0 Å². The van der Waals surface area contributed by atoms with Crippen molar-refractivity contribution in [2.45, 2.75) is 0 Å². The molecule has 0 N–H and O–H groups in total. The van der Waals surface area contributed by atoms with Gasteiger partial charge in [0.25, 0.3) is 0 Å². The van der Waals surface area contributed by atoms with E-state index in [4.69, 9.17) is 14.4 Å². The number of para-hydroxylation sites is 3. The second-order valence-electron chi connectivity index (χ2n) is 13.8. The number of aromatic nitrogens is 3. The normalized spacial score (nSPS) is 11.7. The second-order valence-corrected chi connectivity index (χ2v) is 13.8. The smallest absolute Gasteiger partial charge is 0.235 e. The van der Waals surface area contributed by atoms with Crippen molar-refractivity contribution in [1.29, 1.82) is 0 Å². The fraction of sp³-hybridized carbons (Fsp3) is 0. The number of fused-ring (bicyclic) bond motifs is 7. The van der Waals surface area contributed by atoms with Crippen LogP contribution in [-0.2, 0) is 0 Å². The van der Waals surface area contributed by atoms with Crippen molar-refractivity contribution < 1.29 is 4.42 Å². The van der Waals surface area contributed by atoms with E-state index in [1.54, 1.807) is 0 Å². The maximum atomic E-state index is 6.31. The van der Waals surface area contributed by atoms with Crippen LogP contribution < -0.4 is 0 Å². The Morgan fingerprint density at radius 1 is 0.370 bits per heavy atom. The van der Waals surface area contributed by atoms with E-state index in [0.717, 1.165) is 99.3 Å². The summed E-state index contributed by atoms with van der Waals surface area (Å²) < 4.78 is 8.57. The molecule has 0 atom stereocenters. The van der Waals surface area contributed by atoms with Crippen molar-refractivity contribution in [3.8, 4) is 50.6 Å². The molecule has 0 aliphatic carbocycles. The fourth-order valence-electron chi connectivity index (χ4n) is 8.07. The topological polar surface area (TPSA) is 43.9 Å². The van der Waals surface area contributed by atoms with E-state index >= 15 is 0 Å². The minimum atomic E-state index is 0.638. The molecule has 11 aromatic rings. The summed E-state index contributed by atoms with van der Waals surface area (Å²) in [6, 6.07) is 66.2. The van der Waals surface area contributed by atoms with Crippen molar-refractivity contribution in [3.05, 3.63) is 188 Å². The molecule has 0 radical (unpaired) electrons. The summed E-state index contributed by atoms with van der Waals surface area (Å²) >= 11 is 0. The van der Waals surface area contributed by atoms with Crippen LogP contribution in [0.5, 0.6) is 0 Å². The molecule has 3 heterocycles. The predicted octanol–water partition coefficient (Wildman–Crippen LogP) is 13.3. The minimum Gasteiger partial charge on any atom is -0.456 e. The highest BCUT2D eigenvalue weighted by molar-refractivity contribution is 6.15. The number of furan rings is 1. The van der Waals surface area contributed by atoms with E-state index in [-0.39, 0.29) is 0 Å². The Bertz CT molecular complexity index is 3210. The molecule has 0 unspecified atom stereocenters. The van der Waals surface area contributed by atoms with Crippen LogP contribution in [0.25, 0.3) is 105 Å². The van der Waals surface area contributed by atoms with Gasteiger partial charge in [0.15, 0.2) is 0 Å². The predicted molar refractivity (Wildman–Crippen MR) is 223 cm³/mol. The van der Waals surface area contributed by atoms with Crippen molar-refractivity contribution in [1.82, 2.24) is 14.5 Å². The van der Waals surface area contributed by atoms with Gasteiger partial charge in [0.2, 0.25) is 5.95 Å². The van der Waals surface area contributed by atoms with E-state index in [2.05, 4.69) is 168 Å². The highest BCUT2D eigenvalue weighted by Gasteiger charge is 2.22. The summed E-state index contributed by atoms with van der Waals surface area (Å²) in [7, 11) is 0. The zero-order valence-electron chi connectivity index (χ0n) is 29.1. The Morgan fingerprint density at radius 2 is 1.02 bits per heavy atom. The third-order valence-electron chi connectivity index (χ3n) is 10.6. The molecule has 0 saturated carbocycles. The summed E-state index contributed by atoms with van der Waals surface area (Å²) in [5.74, 6) is 0.638. The molecule has 11 rings (SSSR count). The first-order valence-electron chi connectivity index (χ1n) is 18.2. The molecular formula is C50H31N3O. The Kier molecular flexibility index (Phi) is 6.82. The Hall–Kier alpha value is -7.30. The molecule has 4 nitrogen and oxygen atoms in total. The summed E-state index contributed by atoms with van der Waals surface area (Å²) in [4.78, 5) is 10.7. The lowest BCUT2D eigenvalue weighted by molar-refractivity contribution is 0.669. The number of hydrogen-bond acceptors (Lipinski definition) is 3. The largest absolute Gasteiger partial charge is 0.456 e. The molecule has 3 aromatic heterocycles. The first kappa shape index (κ1) is 30.3. The van der Waals surface area contributed by atoms with Crippen LogP contribution in [0.3, 0.4) is 0 Å². The van der Waals surface area contributed by atoms with E-state index in [9.17, 15) is 0 Å². The lowest BCUT2D eigenvalue weighted by Gasteiger charge is -2.15. The molecule has 0 fully saturated rings. The monoisotopic (exact) mass is 689 g/mol. The molecule has 0 bridgehead atoms. The van der Waals surface area contributed by atoms with Gasteiger partial charge < -0.3 is 4.42 Å². The summed E-state index contributed by atoms with van der Waals surface area (Å²) in [5.41, 5.74) is 13.5. The highest BCUT2D eigenvalue weighted by atomic mass is 16.3. The van der Waals surface area contributed by atoms with E-state index in [1.165, 1.54) is 0 Å². The van der Waals surface area contributed by atoms with Crippen LogP contribution in [0.2, 0.25) is 0 Å². The molecule has 0 aliphatic rings. The Labute approximate surface area is 311 Å². The maximum absolute atomic E-state index is 6.31. The number of hydrogen-bond donors (Lipinski definition) is 0. The molecule has 54 heavy (non-hydrogen) atoms. The van der Waals surface area contributed by atoms with Crippen molar-refractivity contribution >= 4 is 54.6 Å². The molecular weight excluding hydrogens is 659 g/mol. The second kappa shape index (κ2) is 12.1. The number of benzene rings is 8. The van der Waals surface area contributed by atoms with Crippen LogP contribution in [0.15, 0.2) is 192 Å². The first-order chi connectivity index (χ1) is 26.8. The van der Waals surface area contributed by atoms with Crippen molar-refractivity contribution in [3.63, 3.8) is 0 Å². The van der Waals surface area contributed by atoms with Gasteiger partial charge in [-0.25, -0.2) is 9.97 Å². The van der Waals surface area contributed by atoms with Gasteiger partial charge >= 0.3 is 0 Å². The van der Waals surface area contributed by atoms with Crippen LogP contribution >= 0.6 is 0 Å². The first-order valence-corrected chi connectivity index (χ1v) is 18.2. The zero-order valence-corrected chi connectivity index (χ0v) is 29.1. The third-order valence-corrected chi connectivity index (χ3v) is 10.6. The van der Waals surface area contributed by atoms with Gasteiger partial charge in [-0.2, -0.15) is 0 Å². The molecule has 0 aliphatic heterocycles. The van der Waals surface area contributed by atoms with Gasteiger partial charge in [0.05, 0.1) is 22.2 Å². The van der Waals surface area contributed by atoms with E-state index in [0.29, 0.717) is 5.95 Å². The number of rotatable bonds is 5. The van der Waals surface area contributed by atoms with Gasteiger partial charge in [-0.1, -0.05) is 140 Å². The van der Waals surface area contributed by atoms with Crippen LogP contribution in [-0.4, -0.2) is 14.5 Å². The molecule has 4 heteroatoms. The van der Waals surface area contributed by atoms with Gasteiger partial charge in [-0.05, 0) is 76.3 Å². The van der Waals surface area contributed by atoms with Crippen molar-refractivity contribution in [2.75, 3.05) is 0 Å².